The molecule has 2 aliphatic heterocycles. The highest BCUT2D eigenvalue weighted by Crippen LogP contribution is 2.40. The number of anilines is 2. The smallest absolute Gasteiger partial charge is 0.350 e. The summed E-state index contributed by atoms with van der Waals surface area (Å²) in [5, 5.41) is 19.2. The molecule has 0 aliphatic carbocycles. The molecule has 0 spiro atoms. The van der Waals surface area contributed by atoms with Gasteiger partial charge >= 0.3 is 5.69 Å². The van der Waals surface area contributed by atoms with Crippen LogP contribution in [0.5, 0.6) is 5.75 Å². The summed E-state index contributed by atoms with van der Waals surface area (Å²) in [7, 11) is 0. The number of rotatable bonds is 11. The van der Waals surface area contributed by atoms with E-state index in [2.05, 4.69) is 37.1 Å². The van der Waals surface area contributed by atoms with Crippen molar-refractivity contribution in [3.05, 3.63) is 112 Å². The van der Waals surface area contributed by atoms with E-state index in [1.807, 2.05) is 42.5 Å². The molecule has 0 amide bonds. The lowest BCUT2D eigenvalue weighted by atomic mass is 10.1. The zero-order chi connectivity index (χ0) is 34.8. The molecule has 5 aromatic rings. The van der Waals surface area contributed by atoms with Gasteiger partial charge in [-0.2, -0.15) is 10.2 Å². The van der Waals surface area contributed by atoms with Gasteiger partial charge in [0.1, 0.15) is 44.0 Å². The fourth-order valence-electron chi connectivity index (χ4n) is 6.25. The van der Waals surface area contributed by atoms with Crippen molar-refractivity contribution >= 4 is 34.6 Å². The molecule has 262 valence electrons. The van der Waals surface area contributed by atoms with Crippen LogP contribution in [0, 0.1) is 0 Å². The minimum absolute atomic E-state index is 0.261. The molecule has 0 unspecified atom stereocenters. The van der Waals surface area contributed by atoms with E-state index in [-0.39, 0.29) is 18.3 Å². The van der Waals surface area contributed by atoms with Crippen LogP contribution in [-0.2, 0) is 21.8 Å². The van der Waals surface area contributed by atoms with E-state index in [0.717, 1.165) is 49.0 Å². The van der Waals surface area contributed by atoms with Gasteiger partial charge in [0.05, 0.1) is 29.5 Å². The van der Waals surface area contributed by atoms with Gasteiger partial charge < -0.3 is 29.1 Å². The fourth-order valence-corrected chi connectivity index (χ4v) is 6.80. The minimum atomic E-state index is -1.17. The quantitative estimate of drug-likeness (QED) is 0.208. The predicted octanol–water partition coefficient (Wildman–Crippen LogP) is 4.55. The van der Waals surface area contributed by atoms with Gasteiger partial charge in [-0.05, 0) is 74.5 Å². The summed E-state index contributed by atoms with van der Waals surface area (Å²) in [6.07, 6.45) is 3.53. The molecule has 3 aromatic carbocycles. The van der Waals surface area contributed by atoms with Crippen molar-refractivity contribution in [2.75, 3.05) is 49.2 Å². The molecule has 15 heteroatoms. The Balaban J connectivity index is 0.924. The lowest BCUT2D eigenvalue weighted by Gasteiger charge is -2.37. The Hall–Kier alpha value is -4.40. The maximum absolute atomic E-state index is 12.8. The van der Waals surface area contributed by atoms with Crippen LogP contribution in [0.3, 0.4) is 0 Å². The standard InChI is InChI=1S/C35H38Cl2N8O5/c1-24(25(2)46)45-34(47)44(23-40-45)29-6-4-27(5-7-29)41-13-15-42(16-14-41)28-8-10-30(11-9-28)48-18-31-19-49-35(50-31,20-43-22-38-21-39-43)32-12-3-26(36)17-33(32)37/h3-12,17,21-25,31,46H,13-16,18-20H2,1-2H3/t24-,25-,31+,35-/m0/s1. The van der Waals surface area contributed by atoms with Crippen molar-refractivity contribution in [2.24, 2.45) is 0 Å². The molecular weight excluding hydrogens is 683 g/mol. The first-order valence-electron chi connectivity index (χ1n) is 16.5. The Bertz CT molecular complexity index is 1940. The molecule has 4 atom stereocenters. The van der Waals surface area contributed by atoms with Crippen molar-refractivity contribution in [3.8, 4) is 11.4 Å². The second-order valence-electron chi connectivity index (χ2n) is 12.5. The highest BCUT2D eigenvalue weighted by atomic mass is 35.5. The monoisotopic (exact) mass is 720 g/mol. The topological polar surface area (TPSA) is 125 Å². The van der Waals surface area contributed by atoms with Gasteiger partial charge in [0.25, 0.3) is 0 Å². The molecule has 0 radical (unpaired) electrons. The van der Waals surface area contributed by atoms with Crippen LogP contribution in [0.1, 0.15) is 25.5 Å². The summed E-state index contributed by atoms with van der Waals surface area (Å²) in [4.78, 5) is 21.6. The van der Waals surface area contributed by atoms with Crippen LogP contribution in [0.2, 0.25) is 10.0 Å². The first kappa shape index (κ1) is 34.1. The Morgan fingerprint density at radius 1 is 0.920 bits per heavy atom. The number of piperazine rings is 1. The van der Waals surface area contributed by atoms with Gasteiger partial charge in [0, 0.05) is 48.1 Å². The van der Waals surface area contributed by atoms with E-state index in [0.29, 0.717) is 28.8 Å². The first-order valence-corrected chi connectivity index (χ1v) is 17.2. The van der Waals surface area contributed by atoms with Crippen molar-refractivity contribution in [1.29, 1.82) is 0 Å². The van der Waals surface area contributed by atoms with Crippen molar-refractivity contribution in [1.82, 2.24) is 29.1 Å². The highest BCUT2D eigenvalue weighted by molar-refractivity contribution is 6.35. The molecule has 50 heavy (non-hydrogen) atoms. The molecule has 13 nitrogen and oxygen atoms in total. The van der Waals surface area contributed by atoms with Crippen LogP contribution < -0.4 is 20.2 Å². The predicted molar refractivity (Wildman–Crippen MR) is 190 cm³/mol. The minimum Gasteiger partial charge on any atom is -0.491 e. The van der Waals surface area contributed by atoms with E-state index in [9.17, 15) is 9.90 Å². The number of halogens is 2. The number of benzene rings is 3. The van der Waals surface area contributed by atoms with Crippen molar-refractivity contribution in [3.63, 3.8) is 0 Å². The second kappa shape index (κ2) is 14.4. The second-order valence-corrected chi connectivity index (χ2v) is 13.4. The number of aliphatic hydroxyl groups is 1. The summed E-state index contributed by atoms with van der Waals surface area (Å²) >= 11 is 12.7. The van der Waals surface area contributed by atoms with E-state index in [1.54, 1.807) is 37.0 Å². The van der Waals surface area contributed by atoms with E-state index < -0.39 is 17.9 Å². The van der Waals surface area contributed by atoms with E-state index in [4.69, 9.17) is 37.4 Å². The van der Waals surface area contributed by atoms with Crippen LogP contribution in [-0.4, -0.2) is 85.8 Å². The van der Waals surface area contributed by atoms with Crippen LogP contribution in [0.4, 0.5) is 11.4 Å². The molecule has 0 saturated carbocycles. The van der Waals surface area contributed by atoms with Gasteiger partial charge in [-0.1, -0.05) is 29.3 Å². The molecule has 7 rings (SSSR count). The summed E-state index contributed by atoms with van der Waals surface area (Å²) < 4.78 is 23.3. The van der Waals surface area contributed by atoms with E-state index in [1.165, 1.54) is 21.9 Å². The molecule has 1 N–H and O–H groups in total. The third-order valence-corrected chi connectivity index (χ3v) is 9.77. The lowest BCUT2D eigenvalue weighted by molar-refractivity contribution is -0.190. The van der Waals surface area contributed by atoms with Crippen LogP contribution in [0.25, 0.3) is 5.69 Å². The Morgan fingerprint density at radius 3 is 2.20 bits per heavy atom. The Kier molecular flexibility index (Phi) is 9.84. The maximum Gasteiger partial charge on any atom is 0.350 e. The summed E-state index contributed by atoms with van der Waals surface area (Å²) in [6.45, 7) is 7.71. The normalized spacial score (nSPS) is 20.6. The van der Waals surface area contributed by atoms with Gasteiger partial charge in [-0.25, -0.2) is 23.7 Å². The van der Waals surface area contributed by atoms with Crippen LogP contribution in [0.15, 0.2) is 90.5 Å². The highest BCUT2D eigenvalue weighted by Gasteiger charge is 2.45. The van der Waals surface area contributed by atoms with Crippen molar-refractivity contribution in [2.45, 2.75) is 44.4 Å². The summed E-state index contributed by atoms with van der Waals surface area (Å²) in [5.41, 5.74) is 3.33. The number of nitrogens with zero attached hydrogens (tertiary/aromatic N) is 8. The SMILES string of the molecule is C[C@H](O)[C@H](C)n1ncn(-c2ccc(N3CCN(c4ccc(OC[C@@H]5CO[C@](Cn6cncn6)(c6ccc(Cl)cc6Cl)O5)cc4)CC3)cc2)c1=O. The number of hydrogen-bond acceptors (Lipinski definition) is 10. The van der Waals surface area contributed by atoms with Gasteiger partial charge in [-0.15, -0.1) is 0 Å². The number of aliphatic hydroxyl groups excluding tert-OH is 1. The van der Waals surface area contributed by atoms with E-state index >= 15 is 0 Å². The summed E-state index contributed by atoms with van der Waals surface area (Å²) in [6, 6.07) is 20.8. The van der Waals surface area contributed by atoms with Gasteiger partial charge in [-0.3, -0.25) is 0 Å². The zero-order valence-electron chi connectivity index (χ0n) is 27.7. The molecule has 0 bridgehead atoms. The molecule has 2 aliphatic rings. The third-order valence-electron chi connectivity index (χ3n) is 9.23. The van der Waals surface area contributed by atoms with Gasteiger partial charge in [0.15, 0.2) is 0 Å². The van der Waals surface area contributed by atoms with Crippen LogP contribution >= 0.6 is 23.2 Å². The van der Waals surface area contributed by atoms with Gasteiger partial charge in [0.2, 0.25) is 5.79 Å². The lowest BCUT2D eigenvalue weighted by Crippen LogP contribution is -2.46. The molecule has 2 fully saturated rings. The molecule has 2 saturated heterocycles. The van der Waals surface area contributed by atoms with Crippen molar-refractivity contribution < 1.29 is 19.3 Å². The number of hydrogen-bond donors (Lipinski definition) is 1. The number of aromatic nitrogens is 6. The maximum atomic E-state index is 12.8. The summed E-state index contributed by atoms with van der Waals surface area (Å²) in [5.74, 6) is -0.432. The molecule has 4 heterocycles. The average molecular weight is 722 g/mol. The molecule has 2 aromatic heterocycles. The largest absolute Gasteiger partial charge is 0.491 e. The molecular formula is C35H38Cl2N8O5. The fraction of sp³-hybridized carbons (Fsp3) is 0.371. The number of ether oxygens (including phenoxy) is 3. The first-order chi connectivity index (χ1) is 24.2. The zero-order valence-corrected chi connectivity index (χ0v) is 29.2. The average Bonchev–Trinajstić information content (AvgIpc) is 3.88. The third kappa shape index (κ3) is 7.10. The Labute approximate surface area is 299 Å². The Morgan fingerprint density at radius 2 is 1.58 bits per heavy atom.